The summed E-state index contributed by atoms with van der Waals surface area (Å²) in [6.45, 7) is 5.91. The summed E-state index contributed by atoms with van der Waals surface area (Å²) in [7, 11) is -4.01. The van der Waals surface area contributed by atoms with Crippen molar-refractivity contribution in [2.75, 3.05) is 36.0 Å². The number of rotatable bonds is 7. The molecule has 2 aliphatic heterocycles. The van der Waals surface area contributed by atoms with Gasteiger partial charge < -0.3 is 14.9 Å². The van der Waals surface area contributed by atoms with Gasteiger partial charge in [0.05, 0.1) is 18.3 Å². The van der Waals surface area contributed by atoms with Gasteiger partial charge in [-0.3, -0.25) is 4.79 Å². The van der Waals surface area contributed by atoms with Gasteiger partial charge in [0.1, 0.15) is 15.6 Å². The first-order valence-electron chi connectivity index (χ1n) is 15.0. The van der Waals surface area contributed by atoms with Gasteiger partial charge in [0.15, 0.2) is 0 Å². The van der Waals surface area contributed by atoms with E-state index in [1.165, 1.54) is 10.5 Å². The molecule has 3 aromatic rings. The molecule has 228 valence electrons. The first-order valence-corrected chi connectivity index (χ1v) is 17.2. The summed E-state index contributed by atoms with van der Waals surface area (Å²) in [6.07, 6.45) is 7.27. The average molecular weight is 623 g/mol. The van der Waals surface area contributed by atoms with Crippen molar-refractivity contribution in [3.63, 3.8) is 0 Å². The van der Waals surface area contributed by atoms with Crippen LogP contribution in [0.1, 0.15) is 62.0 Å². The predicted molar refractivity (Wildman–Crippen MR) is 168 cm³/mol. The minimum atomic E-state index is -4.01. The highest BCUT2D eigenvalue weighted by molar-refractivity contribution is 7.89. The van der Waals surface area contributed by atoms with Crippen molar-refractivity contribution in [1.29, 1.82) is 0 Å². The molecule has 0 unspecified atom stereocenters. The lowest BCUT2D eigenvalue weighted by atomic mass is 9.82. The summed E-state index contributed by atoms with van der Waals surface area (Å²) < 4.78 is 29.1. The fraction of sp³-hybridized carbons (Fsp3) is 0.469. The Balaban J connectivity index is 1.32. The molecule has 2 saturated heterocycles. The highest BCUT2D eigenvalue weighted by atomic mass is 32.2. The van der Waals surface area contributed by atoms with Crippen molar-refractivity contribution in [3.05, 3.63) is 59.6 Å². The summed E-state index contributed by atoms with van der Waals surface area (Å²) in [6, 6.07) is 14.2. The summed E-state index contributed by atoms with van der Waals surface area (Å²) in [5.74, 6) is -0.691. The minimum absolute atomic E-state index is 0.0615. The molecule has 0 bridgehead atoms. The molecule has 6 rings (SSSR count). The number of carbonyl (C=O) groups is 2. The van der Waals surface area contributed by atoms with E-state index < -0.39 is 27.9 Å². The molecule has 0 radical (unpaired) electrons. The Morgan fingerprint density at radius 2 is 1.81 bits per heavy atom. The van der Waals surface area contributed by atoms with E-state index in [9.17, 15) is 23.1 Å². The third kappa shape index (κ3) is 5.94. The topological polar surface area (TPSA) is 111 Å². The number of aromatic carboxylic acids is 1. The molecule has 4 heterocycles. The van der Waals surface area contributed by atoms with Gasteiger partial charge in [-0.1, -0.05) is 63.4 Å². The number of piperazine rings is 1. The van der Waals surface area contributed by atoms with Crippen LogP contribution in [0.3, 0.4) is 0 Å². The van der Waals surface area contributed by atoms with Crippen molar-refractivity contribution in [2.45, 2.75) is 63.3 Å². The van der Waals surface area contributed by atoms with Crippen LogP contribution in [0.25, 0.3) is 10.4 Å². The fourth-order valence-corrected chi connectivity index (χ4v) is 9.12. The number of hydrogen-bond donors (Lipinski definition) is 1. The number of benzene rings is 1. The Kier molecular flexibility index (Phi) is 8.08. The predicted octanol–water partition coefficient (Wildman–Crippen LogP) is 5.73. The summed E-state index contributed by atoms with van der Waals surface area (Å²) in [5, 5.41) is 10.2. The lowest BCUT2D eigenvalue weighted by molar-refractivity contribution is -0.121. The molecule has 1 amide bonds. The second-order valence-electron chi connectivity index (χ2n) is 12.7. The molecule has 1 saturated carbocycles. The number of aromatic nitrogens is 1. The zero-order valence-corrected chi connectivity index (χ0v) is 26.2. The second-order valence-corrected chi connectivity index (χ2v) is 15.7. The number of carboxylic acid groups (broad SMARTS) is 1. The van der Waals surface area contributed by atoms with E-state index >= 15 is 0 Å². The van der Waals surface area contributed by atoms with Crippen molar-refractivity contribution in [2.24, 2.45) is 11.3 Å². The van der Waals surface area contributed by atoms with Gasteiger partial charge in [0.25, 0.3) is 0 Å². The first-order chi connectivity index (χ1) is 20.5. The van der Waals surface area contributed by atoms with Gasteiger partial charge in [-0.25, -0.2) is 18.2 Å². The molecule has 9 nitrogen and oxygen atoms in total. The normalized spacial score (nSPS) is 21.8. The number of hydrogen-bond acceptors (Lipinski definition) is 7. The fourth-order valence-electron chi connectivity index (χ4n) is 6.77. The Morgan fingerprint density at radius 1 is 1.07 bits per heavy atom. The van der Waals surface area contributed by atoms with E-state index in [-0.39, 0.29) is 34.2 Å². The molecule has 1 aliphatic carbocycles. The Bertz CT molecular complexity index is 1600. The number of carbonyl (C=O) groups excluding carboxylic acids is 1. The number of pyridine rings is 1. The summed E-state index contributed by atoms with van der Waals surface area (Å²) in [5.41, 5.74) is 1.41. The van der Waals surface area contributed by atoms with Gasteiger partial charge in [-0.15, -0.1) is 11.3 Å². The zero-order chi connectivity index (χ0) is 30.4. The van der Waals surface area contributed by atoms with Gasteiger partial charge in [-0.05, 0) is 54.4 Å². The summed E-state index contributed by atoms with van der Waals surface area (Å²) >= 11 is 1.14. The van der Waals surface area contributed by atoms with Gasteiger partial charge in [0, 0.05) is 30.7 Å². The number of carboxylic acids is 1. The van der Waals surface area contributed by atoms with E-state index in [4.69, 9.17) is 0 Å². The van der Waals surface area contributed by atoms with Crippen molar-refractivity contribution in [3.8, 4) is 10.4 Å². The molecule has 1 N–H and O–H groups in total. The van der Waals surface area contributed by atoms with Crippen molar-refractivity contribution in [1.82, 2.24) is 9.29 Å². The van der Waals surface area contributed by atoms with Crippen LogP contribution in [-0.4, -0.2) is 66.9 Å². The molecule has 3 aliphatic rings. The maximum Gasteiger partial charge on any atom is 0.348 e. The smallest absolute Gasteiger partial charge is 0.348 e. The van der Waals surface area contributed by atoms with Gasteiger partial charge >= 0.3 is 5.97 Å². The number of thiophene rings is 1. The third-order valence-corrected chi connectivity index (χ3v) is 12.0. The third-order valence-electron chi connectivity index (χ3n) is 9.08. The standard InChI is InChI=1S/C32H38N4O5S2/c1-32(2)15-16-34(21-32)28-14-13-24(18-33-28)43(40,41)35-19-26(22-9-5-3-6-10-22)36(29(37)20-35)25-17-27(42-30(25)31(38)39)23-11-7-4-8-12-23/h4,7-8,11-14,17-18,22,26H,3,5-6,9-10,15-16,19-21H2,1-2H3,(H,38,39)/t26-/m0/s1. The monoisotopic (exact) mass is 622 g/mol. The molecule has 11 heteroatoms. The quantitative estimate of drug-likeness (QED) is 0.358. The van der Waals surface area contributed by atoms with E-state index in [0.717, 1.165) is 79.2 Å². The van der Waals surface area contributed by atoms with E-state index in [0.29, 0.717) is 5.69 Å². The second kappa shape index (κ2) is 11.7. The molecular formula is C32H38N4O5S2. The summed E-state index contributed by atoms with van der Waals surface area (Å²) in [4.78, 5) is 35.6. The van der Waals surface area contributed by atoms with Crippen LogP contribution in [0.5, 0.6) is 0 Å². The molecule has 1 aromatic carbocycles. The zero-order valence-electron chi connectivity index (χ0n) is 24.6. The van der Waals surface area contributed by atoms with Crippen LogP contribution in [-0.2, 0) is 14.8 Å². The lowest BCUT2D eigenvalue weighted by Gasteiger charge is -2.44. The molecule has 43 heavy (non-hydrogen) atoms. The largest absolute Gasteiger partial charge is 0.477 e. The van der Waals surface area contributed by atoms with E-state index in [1.807, 2.05) is 30.3 Å². The maximum absolute atomic E-state index is 14.0. The first kappa shape index (κ1) is 29.8. The van der Waals surface area contributed by atoms with Gasteiger partial charge in [-0.2, -0.15) is 4.31 Å². The van der Waals surface area contributed by atoms with Crippen LogP contribution < -0.4 is 9.80 Å². The lowest BCUT2D eigenvalue weighted by Crippen LogP contribution is -2.60. The van der Waals surface area contributed by atoms with Crippen LogP contribution in [0.4, 0.5) is 11.5 Å². The highest BCUT2D eigenvalue weighted by Crippen LogP contribution is 2.42. The SMILES string of the molecule is CC1(C)CCN(c2ccc(S(=O)(=O)N3CC(=O)N(c4cc(-c5ccccc5)sc4C(=O)O)[C@H](C4CCCCC4)C3)cn2)C1. The Hall–Kier alpha value is -3.28. The maximum atomic E-state index is 14.0. The van der Waals surface area contributed by atoms with Crippen LogP contribution in [0, 0.1) is 11.3 Å². The number of sulfonamides is 1. The van der Waals surface area contributed by atoms with Crippen LogP contribution in [0.2, 0.25) is 0 Å². The van der Waals surface area contributed by atoms with Crippen LogP contribution >= 0.6 is 11.3 Å². The highest BCUT2D eigenvalue weighted by Gasteiger charge is 2.44. The number of amides is 1. The average Bonchev–Trinajstić information content (AvgIpc) is 3.61. The molecule has 3 fully saturated rings. The van der Waals surface area contributed by atoms with Gasteiger partial charge in [0.2, 0.25) is 15.9 Å². The number of anilines is 2. The molecule has 0 spiro atoms. The molecular weight excluding hydrogens is 585 g/mol. The Morgan fingerprint density at radius 3 is 2.44 bits per heavy atom. The van der Waals surface area contributed by atoms with Crippen LogP contribution in [0.15, 0.2) is 59.6 Å². The van der Waals surface area contributed by atoms with Crippen molar-refractivity contribution < 1.29 is 23.1 Å². The minimum Gasteiger partial charge on any atom is -0.477 e. The molecule has 1 atom stereocenters. The van der Waals surface area contributed by atoms with Crippen molar-refractivity contribution >= 4 is 44.7 Å². The number of nitrogens with zero attached hydrogens (tertiary/aromatic N) is 4. The molecule has 2 aromatic heterocycles. The van der Waals surface area contributed by atoms with E-state index in [1.54, 1.807) is 23.1 Å². The Labute approximate surface area is 257 Å². The van der Waals surface area contributed by atoms with E-state index in [2.05, 4.69) is 23.7 Å².